The zero-order valence-electron chi connectivity index (χ0n) is 11.8. The number of para-hydroxylation sites is 1. The van der Waals surface area contributed by atoms with Crippen molar-refractivity contribution in [2.24, 2.45) is 0 Å². The molecule has 1 aliphatic rings. The Hall–Kier alpha value is -1.17. The molecule has 1 saturated carbocycles. The van der Waals surface area contributed by atoms with E-state index in [1.165, 1.54) is 18.9 Å². The quantitative estimate of drug-likeness (QED) is 0.726. The van der Waals surface area contributed by atoms with Gasteiger partial charge in [-0.2, -0.15) is 0 Å². The van der Waals surface area contributed by atoms with Crippen LogP contribution in [-0.2, 0) is 11.3 Å². The van der Waals surface area contributed by atoms with Crippen molar-refractivity contribution in [1.29, 1.82) is 0 Å². The molecule has 0 heterocycles. The standard InChI is InChI=1S/C15H22FNO3/c1-2-19-9-13(18)10-20-15-11(4-3-5-14(15)16)8-17-12-6-7-12/h3-5,12-13,17-18H,2,6-10H2,1H3. The highest BCUT2D eigenvalue weighted by Gasteiger charge is 2.21. The molecule has 0 aliphatic heterocycles. The topological polar surface area (TPSA) is 50.7 Å². The van der Waals surface area contributed by atoms with Crippen molar-refractivity contribution in [2.45, 2.75) is 38.5 Å². The van der Waals surface area contributed by atoms with Gasteiger partial charge in [-0.25, -0.2) is 4.39 Å². The van der Waals surface area contributed by atoms with Crippen LogP contribution in [0.5, 0.6) is 5.75 Å². The van der Waals surface area contributed by atoms with Crippen molar-refractivity contribution in [3.8, 4) is 5.75 Å². The number of rotatable bonds is 9. The van der Waals surface area contributed by atoms with Gasteiger partial charge >= 0.3 is 0 Å². The van der Waals surface area contributed by atoms with E-state index >= 15 is 0 Å². The number of aliphatic hydroxyl groups is 1. The first-order valence-electron chi connectivity index (χ1n) is 7.10. The van der Waals surface area contributed by atoms with Gasteiger partial charge in [0.25, 0.3) is 0 Å². The van der Waals surface area contributed by atoms with Gasteiger partial charge in [0.1, 0.15) is 12.7 Å². The predicted molar refractivity (Wildman–Crippen MR) is 74.3 cm³/mol. The Morgan fingerprint density at radius 2 is 2.20 bits per heavy atom. The van der Waals surface area contributed by atoms with Gasteiger partial charge in [0.15, 0.2) is 11.6 Å². The summed E-state index contributed by atoms with van der Waals surface area (Å²) in [6.07, 6.45) is 1.61. The molecule has 112 valence electrons. The van der Waals surface area contributed by atoms with Gasteiger partial charge in [-0.3, -0.25) is 0 Å². The number of ether oxygens (including phenoxy) is 2. The summed E-state index contributed by atoms with van der Waals surface area (Å²) in [4.78, 5) is 0. The minimum Gasteiger partial charge on any atom is -0.487 e. The monoisotopic (exact) mass is 283 g/mol. The van der Waals surface area contributed by atoms with E-state index in [2.05, 4.69) is 5.32 Å². The molecule has 1 unspecified atom stereocenters. The van der Waals surface area contributed by atoms with Crippen molar-refractivity contribution in [3.63, 3.8) is 0 Å². The van der Waals surface area contributed by atoms with Crippen LogP contribution in [0, 0.1) is 5.82 Å². The van der Waals surface area contributed by atoms with Gasteiger partial charge in [0.2, 0.25) is 0 Å². The second-order valence-electron chi connectivity index (χ2n) is 5.01. The van der Waals surface area contributed by atoms with E-state index in [4.69, 9.17) is 9.47 Å². The van der Waals surface area contributed by atoms with E-state index in [9.17, 15) is 9.50 Å². The first kappa shape index (κ1) is 15.2. The van der Waals surface area contributed by atoms with Crippen molar-refractivity contribution in [1.82, 2.24) is 5.32 Å². The maximum Gasteiger partial charge on any atom is 0.165 e. The smallest absolute Gasteiger partial charge is 0.165 e. The molecule has 0 aromatic heterocycles. The lowest BCUT2D eigenvalue weighted by Crippen LogP contribution is -2.24. The molecular weight excluding hydrogens is 261 g/mol. The Kier molecular flexibility index (Phi) is 5.76. The van der Waals surface area contributed by atoms with Gasteiger partial charge < -0.3 is 19.9 Å². The first-order valence-corrected chi connectivity index (χ1v) is 7.10. The summed E-state index contributed by atoms with van der Waals surface area (Å²) < 4.78 is 24.4. The molecule has 0 bridgehead atoms. The number of hydrogen-bond donors (Lipinski definition) is 2. The van der Waals surface area contributed by atoms with E-state index < -0.39 is 11.9 Å². The van der Waals surface area contributed by atoms with Crippen LogP contribution in [0.2, 0.25) is 0 Å². The molecule has 1 atom stereocenters. The number of benzene rings is 1. The lowest BCUT2D eigenvalue weighted by atomic mass is 10.2. The molecule has 0 spiro atoms. The average molecular weight is 283 g/mol. The highest BCUT2D eigenvalue weighted by atomic mass is 19.1. The number of aliphatic hydroxyl groups excluding tert-OH is 1. The Balaban J connectivity index is 1.90. The molecule has 1 aliphatic carbocycles. The van der Waals surface area contributed by atoms with Gasteiger partial charge in [0, 0.05) is 24.8 Å². The minimum atomic E-state index is -0.751. The maximum absolute atomic E-state index is 13.8. The van der Waals surface area contributed by atoms with Crippen LogP contribution in [-0.4, -0.2) is 37.1 Å². The fourth-order valence-corrected chi connectivity index (χ4v) is 1.88. The molecule has 0 amide bonds. The molecule has 0 saturated heterocycles. The largest absolute Gasteiger partial charge is 0.487 e. The molecule has 1 aromatic carbocycles. The van der Waals surface area contributed by atoms with Crippen LogP contribution in [0.3, 0.4) is 0 Å². The summed E-state index contributed by atoms with van der Waals surface area (Å²) in [6, 6.07) is 5.42. The summed E-state index contributed by atoms with van der Waals surface area (Å²) in [5.74, 6) is -0.181. The maximum atomic E-state index is 13.8. The Labute approximate surface area is 118 Å². The normalized spacial score (nSPS) is 16.1. The van der Waals surface area contributed by atoms with E-state index in [1.807, 2.05) is 13.0 Å². The zero-order chi connectivity index (χ0) is 14.4. The molecule has 1 fully saturated rings. The predicted octanol–water partition coefficient (Wildman–Crippen LogP) is 1.85. The second kappa shape index (κ2) is 7.57. The molecule has 5 heteroatoms. The Morgan fingerprint density at radius 3 is 2.90 bits per heavy atom. The van der Waals surface area contributed by atoms with Gasteiger partial charge in [-0.05, 0) is 25.8 Å². The number of hydrogen-bond acceptors (Lipinski definition) is 4. The third-order valence-electron chi connectivity index (χ3n) is 3.14. The van der Waals surface area contributed by atoms with E-state index in [1.54, 1.807) is 6.07 Å². The fourth-order valence-electron chi connectivity index (χ4n) is 1.88. The fraction of sp³-hybridized carbons (Fsp3) is 0.600. The van der Waals surface area contributed by atoms with Gasteiger partial charge in [0.05, 0.1) is 6.61 Å². The number of halogens is 1. The molecule has 4 nitrogen and oxygen atoms in total. The van der Waals surface area contributed by atoms with Crippen LogP contribution < -0.4 is 10.1 Å². The third-order valence-corrected chi connectivity index (χ3v) is 3.14. The number of nitrogens with one attached hydrogen (secondary N) is 1. The first-order chi connectivity index (χ1) is 9.70. The summed E-state index contributed by atoms with van der Waals surface area (Å²) >= 11 is 0. The van der Waals surface area contributed by atoms with E-state index in [0.29, 0.717) is 19.2 Å². The van der Waals surface area contributed by atoms with E-state index in [0.717, 1.165) is 5.56 Å². The third kappa shape index (κ3) is 4.74. The van der Waals surface area contributed by atoms with Crippen LogP contribution in [0.15, 0.2) is 18.2 Å². The molecule has 2 N–H and O–H groups in total. The molecule has 20 heavy (non-hydrogen) atoms. The minimum absolute atomic E-state index is 0.0252. The van der Waals surface area contributed by atoms with Crippen LogP contribution in [0.1, 0.15) is 25.3 Å². The molecule has 1 aromatic rings. The summed E-state index contributed by atoms with van der Waals surface area (Å²) in [5, 5.41) is 13.0. The summed E-state index contributed by atoms with van der Waals surface area (Å²) in [5.41, 5.74) is 0.778. The van der Waals surface area contributed by atoms with Gasteiger partial charge in [-0.1, -0.05) is 12.1 Å². The average Bonchev–Trinajstić information content (AvgIpc) is 3.26. The lowest BCUT2D eigenvalue weighted by Gasteiger charge is -2.16. The summed E-state index contributed by atoms with van der Waals surface area (Å²) in [6.45, 7) is 3.19. The van der Waals surface area contributed by atoms with E-state index in [-0.39, 0.29) is 19.0 Å². The molecule has 2 rings (SSSR count). The van der Waals surface area contributed by atoms with Gasteiger partial charge in [-0.15, -0.1) is 0 Å². The second-order valence-corrected chi connectivity index (χ2v) is 5.01. The molecule has 0 radical (unpaired) electrons. The Morgan fingerprint density at radius 1 is 1.40 bits per heavy atom. The van der Waals surface area contributed by atoms with Crippen LogP contribution in [0.4, 0.5) is 4.39 Å². The molecular formula is C15H22FNO3. The van der Waals surface area contributed by atoms with Crippen LogP contribution >= 0.6 is 0 Å². The van der Waals surface area contributed by atoms with Crippen molar-refractivity contribution in [3.05, 3.63) is 29.6 Å². The zero-order valence-corrected chi connectivity index (χ0v) is 11.8. The van der Waals surface area contributed by atoms with Crippen molar-refractivity contribution >= 4 is 0 Å². The SMILES string of the molecule is CCOCC(O)COc1c(F)cccc1CNC1CC1. The Bertz CT molecular complexity index is 424. The highest BCUT2D eigenvalue weighted by Crippen LogP contribution is 2.25. The highest BCUT2D eigenvalue weighted by molar-refractivity contribution is 5.35. The van der Waals surface area contributed by atoms with Crippen molar-refractivity contribution in [2.75, 3.05) is 19.8 Å². The lowest BCUT2D eigenvalue weighted by molar-refractivity contribution is 0.0155. The van der Waals surface area contributed by atoms with Crippen molar-refractivity contribution < 1.29 is 19.0 Å². The van der Waals surface area contributed by atoms with Crippen LogP contribution in [0.25, 0.3) is 0 Å². The summed E-state index contributed by atoms with van der Waals surface area (Å²) in [7, 11) is 0.